The third kappa shape index (κ3) is 5.54. The molecule has 1 fully saturated rings. The third-order valence-corrected chi connectivity index (χ3v) is 5.76. The van der Waals surface area contributed by atoms with Crippen LogP contribution in [0, 0.1) is 33.6 Å². The Morgan fingerprint density at radius 1 is 1.17 bits per heavy atom. The maximum atomic E-state index is 12.7. The third-order valence-electron chi connectivity index (χ3n) is 5.76. The zero-order valence-corrected chi connectivity index (χ0v) is 18.7. The van der Waals surface area contributed by atoms with Gasteiger partial charge in [-0.2, -0.15) is 5.10 Å². The van der Waals surface area contributed by atoms with Crippen molar-refractivity contribution in [3.63, 3.8) is 0 Å². The zero-order chi connectivity index (χ0) is 20.3. The van der Waals surface area contributed by atoms with Crippen molar-refractivity contribution in [2.45, 2.75) is 72.3 Å². The summed E-state index contributed by atoms with van der Waals surface area (Å²) in [7, 11) is 0. The largest absolute Gasteiger partial charge is 0.352 e. The van der Waals surface area contributed by atoms with Crippen LogP contribution in [0.25, 0.3) is 5.95 Å². The van der Waals surface area contributed by atoms with Gasteiger partial charge in [0.1, 0.15) is 0 Å². The van der Waals surface area contributed by atoms with Gasteiger partial charge >= 0.3 is 0 Å². The Hall–Kier alpha value is -1.99. The highest BCUT2D eigenvalue weighted by atomic mass is 35.5. The molecule has 0 saturated heterocycles. The van der Waals surface area contributed by atoms with Gasteiger partial charge in [0.15, 0.2) is 0 Å². The van der Waals surface area contributed by atoms with Crippen LogP contribution in [0.2, 0.25) is 0 Å². The van der Waals surface area contributed by atoms with E-state index < -0.39 is 0 Å². The fourth-order valence-corrected chi connectivity index (χ4v) is 4.25. The monoisotopic (exact) mass is 420 g/mol. The number of nitrogens with one attached hydrogen (secondary N) is 1. The lowest BCUT2D eigenvalue weighted by Crippen LogP contribution is -2.46. The van der Waals surface area contributed by atoms with Gasteiger partial charge in [0.05, 0.1) is 12.1 Å². The van der Waals surface area contributed by atoms with Crippen molar-refractivity contribution >= 4 is 18.3 Å². The number of carbonyl (C=O) groups excluding carboxylic acids is 1. The van der Waals surface area contributed by atoms with E-state index in [9.17, 15) is 4.79 Å². The van der Waals surface area contributed by atoms with E-state index in [0.29, 0.717) is 24.8 Å². The molecule has 0 spiro atoms. The van der Waals surface area contributed by atoms with E-state index >= 15 is 0 Å². The molecule has 3 N–H and O–H groups in total. The van der Waals surface area contributed by atoms with E-state index in [1.54, 1.807) is 4.68 Å². The summed E-state index contributed by atoms with van der Waals surface area (Å²) in [5, 5.41) is 7.77. The predicted molar refractivity (Wildman–Crippen MR) is 117 cm³/mol. The first-order chi connectivity index (χ1) is 13.4. The Morgan fingerprint density at radius 3 is 2.38 bits per heavy atom. The van der Waals surface area contributed by atoms with Gasteiger partial charge in [-0.15, -0.1) is 12.4 Å². The molecule has 2 aromatic rings. The molecule has 1 saturated carbocycles. The fraction of sp³-hybridized carbons (Fsp3) is 0.619. The Labute approximate surface area is 179 Å². The molecule has 2 aromatic heterocycles. The summed E-state index contributed by atoms with van der Waals surface area (Å²) in [6.07, 6.45) is 6.37. The summed E-state index contributed by atoms with van der Waals surface area (Å²) in [6, 6.07) is 1.99. The number of amides is 1. The second-order valence-corrected chi connectivity index (χ2v) is 8.00. The van der Waals surface area contributed by atoms with Gasteiger partial charge in [0.25, 0.3) is 5.95 Å². The molecule has 29 heavy (non-hydrogen) atoms. The molecule has 1 aliphatic rings. The molecule has 7 nitrogen and oxygen atoms in total. The van der Waals surface area contributed by atoms with E-state index in [4.69, 9.17) is 5.73 Å². The van der Waals surface area contributed by atoms with Gasteiger partial charge in [0.2, 0.25) is 5.91 Å². The van der Waals surface area contributed by atoms with E-state index in [1.165, 1.54) is 19.3 Å². The zero-order valence-electron chi connectivity index (χ0n) is 17.9. The van der Waals surface area contributed by atoms with Gasteiger partial charge in [0, 0.05) is 35.2 Å². The topological polar surface area (TPSA) is 98.7 Å². The molecule has 1 amide bonds. The summed E-state index contributed by atoms with van der Waals surface area (Å²) in [5.41, 5.74) is 10.4. The average molecular weight is 421 g/mol. The van der Waals surface area contributed by atoms with Gasteiger partial charge < -0.3 is 11.1 Å². The van der Waals surface area contributed by atoms with Crippen molar-refractivity contribution in [3.8, 4) is 5.95 Å². The molecule has 2 heterocycles. The smallest absolute Gasteiger partial charge is 0.251 e. The number of rotatable bonds is 6. The summed E-state index contributed by atoms with van der Waals surface area (Å²) >= 11 is 0. The number of hydrogen-bond acceptors (Lipinski definition) is 5. The van der Waals surface area contributed by atoms with Crippen LogP contribution < -0.4 is 11.1 Å². The summed E-state index contributed by atoms with van der Waals surface area (Å²) in [4.78, 5) is 21.7. The molecule has 3 rings (SSSR count). The van der Waals surface area contributed by atoms with Gasteiger partial charge in [-0.1, -0.05) is 19.3 Å². The van der Waals surface area contributed by atoms with Crippen molar-refractivity contribution in [1.29, 1.82) is 0 Å². The molecular formula is C21H33ClN6O. The molecule has 1 unspecified atom stereocenters. The lowest BCUT2D eigenvalue weighted by molar-refractivity contribution is -0.121. The van der Waals surface area contributed by atoms with E-state index in [1.807, 2.05) is 33.8 Å². The van der Waals surface area contributed by atoms with Crippen molar-refractivity contribution in [2.75, 3.05) is 6.54 Å². The molecular weight excluding hydrogens is 388 g/mol. The second kappa shape index (κ2) is 10.2. The molecule has 0 aliphatic heterocycles. The number of nitrogens with zero attached hydrogens (tertiary/aromatic N) is 4. The summed E-state index contributed by atoms with van der Waals surface area (Å²) in [6.45, 7) is 8.26. The fourth-order valence-electron chi connectivity index (χ4n) is 4.25. The Morgan fingerprint density at radius 2 is 1.79 bits per heavy atom. The van der Waals surface area contributed by atoms with Crippen LogP contribution in [0.15, 0.2) is 6.07 Å². The maximum Gasteiger partial charge on any atom is 0.251 e. The van der Waals surface area contributed by atoms with E-state index in [0.717, 1.165) is 41.2 Å². The van der Waals surface area contributed by atoms with Crippen molar-refractivity contribution in [2.24, 2.45) is 11.7 Å². The number of halogens is 1. The molecule has 0 bridgehead atoms. The Kier molecular flexibility index (Phi) is 8.16. The van der Waals surface area contributed by atoms with Crippen molar-refractivity contribution < 1.29 is 4.79 Å². The maximum absolute atomic E-state index is 12.7. The SMILES string of the molecule is Cc1cc(C)nc(-n2nc(C)c(CC(=O)NC(CN)C3CCCCC3)c2C)n1.Cl. The summed E-state index contributed by atoms with van der Waals surface area (Å²) < 4.78 is 1.74. The molecule has 8 heteroatoms. The predicted octanol–water partition coefficient (Wildman–Crippen LogP) is 2.88. The first-order valence-electron chi connectivity index (χ1n) is 10.3. The molecule has 160 valence electrons. The minimum Gasteiger partial charge on any atom is -0.352 e. The van der Waals surface area contributed by atoms with Crippen LogP contribution in [0.1, 0.15) is 60.4 Å². The quantitative estimate of drug-likeness (QED) is 0.748. The molecule has 0 aromatic carbocycles. The average Bonchev–Trinajstić information content (AvgIpc) is 2.94. The molecule has 1 aliphatic carbocycles. The number of hydrogen-bond donors (Lipinski definition) is 2. The number of nitrogens with two attached hydrogens (primary N) is 1. The summed E-state index contributed by atoms with van der Waals surface area (Å²) in [5.74, 6) is 1.05. The Balaban J connectivity index is 0.00000300. The normalized spacial score (nSPS) is 15.6. The number of carbonyl (C=O) groups is 1. The van der Waals surface area contributed by atoms with Crippen molar-refractivity contribution in [3.05, 3.63) is 34.4 Å². The van der Waals surface area contributed by atoms with Crippen LogP contribution in [0.3, 0.4) is 0 Å². The highest BCUT2D eigenvalue weighted by Crippen LogP contribution is 2.26. The molecule has 0 radical (unpaired) electrons. The van der Waals surface area contributed by atoms with E-state index in [2.05, 4.69) is 20.4 Å². The first-order valence-corrected chi connectivity index (χ1v) is 10.3. The highest BCUT2D eigenvalue weighted by molar-refractivity contribution is 5.85. The van der Waals surface area contributed by atoms with E-state index in [-0.39, 0.29) is 24.4 Å². The van der Waals surface area contributed by atoms with Crippen LogP contribution in [-0.2, 0) is 11.2 Å². The number of aryl methyl sites for hydroxylation is 3. The van der Waals surface area contributed by atoms with Crippen LogP contribution in [-0.4, -0.2) is 38.2 Å². The van der Waals surface area contributed by atoms with Gasteiger partial charge in [-0.05, 0) is 52.5 Å². The standard InChI is InChI=1S/C21H32N6O.ClH/c1-13-10-14(2)24-21(23-13)27-16(4)18(15(3)26-27)11-20(28)25-19(12-22)17-8-6-5-7-9-17;/h10,17,19H,5-9,11-12,22H2,1-4H3,(H,25,28);1H. The highest BCUT2D eigenvalue weighted by Gasteiger charge is 2.25. The van der Waals surface area contributed by atoms with Crippen LogP contribution in [0.5, 0.6) is 0 Å². The minimum absolute atomic E-state index is 0. The lowest BCUT2D eigenvalue weighted by atomic mass is 9.84. The van der Waals surface area contributed by atoms with Crippen molar-refractivity contribution in [1.82, 2.24) is 25.1 Å². The van der Waals surface area contributed by atoms with Crippen LogP contribution >= 0.6 is 12.4 Å². The number of aromatic nitrogens is 4. The van der Waals surface area contributed by atoms with Gasteiger partial charge in [-0.25, -0.2) is 14.6 Å². The second-order valence-electron chi connectivity index (χ2n) is 8.00. The lowest BCUT2D eigenvalue weighted by Gasteiger charge is -2.30. The van der Waals surface area contributed by atoms with Gasteiger partial charge in [-0.3, -0.25) is 4.79 Å². The minimum atomic E-state index is 0. The van der Waals surface area contributed by atoms with Crippen LogP contribution in [0.4, 0.5) is 0 Å². The molecule has 1 atom stereocenters. The first kappa shape index (κ1) is 23.3. The Bertz CT molecular complexity index is 824.